The third-order valence-electron chi connectivity index (χ3n) is 2.60. The molecule has 1 unspecified atom stereocenters. The summed E-state index contributed by atoms with van der Waals surface area (Å²) in [5, 5.41) is 17.2. The van der Waals surface area contributed by atoms with Crippen LogP contribution in [0.3, 0.4) is 0 Å². The average Bonchev–Trinajstić information content (AvgIpc) is 2.65. The van der Waals surface area contributed by atoms with E-state index in [9.17, 15) is 5.11 Å². The van der Waals surface area contributed by atoms with Gasteiger partial charge in [0.25, 0.3) is 0 Å². The van der Waals surface area contributed by atoms with Crippen LogP contribution in [0.2, 0.25) is 0 Å². The van der Waals surface area contributed by atoms with Crippen LogP contribution in [-0.4, -0.2) is 41.3 Å². The highest BCUT2D eigenvalue weighted by Crippen LogP contribution is 2.03. The first-order valence-corrected chi connectivity index (χ1v) is 6.08. The van der Waals surface area contributed by atoms with E-state index in [4.69, 9.17) is 4.74 Å². The Balaban J connectivity index is 2.26. The van der Waals surface area contributed by atoms with Gasteiger partial charge in [0.15, 0.2) is 0 Å². The fourth-order valence-corrected chi connectivity index (χ4v) is 1.78. The maximum Gasteiger partial charge on any atom is 0.0785 e. The van der Waals surface area contributed by atoms with Gasteiger partial charge in [0.2, 0.25) is 0 Å². The van der Waals surface area contributed by atoms with Crippen LogP contribution in [0.1, 0.15) is 24.7 Å². The number of aryl methyl sites for hydroxylation is 2. The van der Waals surface area contributed by atoms with Crippen LogP contribution in [0, 0.1) is 6.92 Å². The van der Waals surface area contributed by atoms with E-state index in [0.717, 1.165) is 25.3 Å². The number of aliphatic hydroxyl groups excluding tert-OH is 1. The summed E-state index contributed by atoms with van der Waals surface area (Å²) in [6.45, 7) is 6.92. The lowest BCUT2D eigenvalue weighted by Gasteiger charge is -2.10. The van der Waals surface area contributed by atoms with Crippen LogP contribution in [0.5, 0.6) is 0 Å². The second-order valence-corrected chi connectivity index (χ2v) is 4.17. The molecule has 0 bridgehead atoms. The summed E-state index contributed by atoms with van der Waals surface area (Å²) in [6.07, 6.45) is 0.318. The summed E-state index contributed by atoms with van der Waals surface area (Å²) in [4.78, 5) is 0. The van der Waals surface area contributed by atoms with Crippen molar-refractivity contribution in [2.45, 2.75) is 39.5 Å². The van der Waals surface area contributed by atoms with E-state index in [1.54, 1.807) is 7.11 Å². The Morgan fingerprint density at radius 2 is 2.35 bits per heavy atom. The molecule has 0 saturated carbocycles. The summed E-state index contributed by atoms with van der Waals surface area (Å²) in [6, 6.07) is 2.09. The standard InChI is InChI=1S/C12H23N3O2/c1-4-15-11(7-10(2)14-15)8-13-6-5-12(16)9-17-3/h7,12-13,16H,4-6,8-9H2,1-3H3. The molecule has 1 aromatic heterocycles. The number of hydrogen-bond acceptors (Lipinski definition) is 4. The number of nitrogens with one attached hydrogen (secondary N) is 1. The first-order valence-electron chi connectivity index (χ1n) is 6.08. The molecule has 0 aliphatic heterocycles. The maximum atomic E-state index is 9.47. The zero-order valence-corrected chi connectivity index (χ0v) is 10.9. The molecule has 5 heteroatoms. The smallest absolute Gasteiger partial charge is 0.0785 e. The third-order valence-corrected chi connectivity index (χ3v) is 2.60. The molecule has 2 N–H and O–H groups in total. The molecule has 0 amide bonds. The van der Waals surface area contributed by atoms with Gasteiger partial charge in [-0.05, 0) is 32.9 Å². The molecule has 0 radical (unpaired) electrons. The number of rotatable bonds is 8. The quantitative estimate of drug-likeness (QED) is 0.658. The summed E-state index contributed by atoms with van der Waals surface area (Å²) < 4.78 is 6.86. The molecule has 1 aromatic rings. The summed E-state index contributed by atoms with van der Waals surface area (Å²) in [5.41, 5.74) is 2.23. The summed E-state index contributed by atoms with van der Waals surface area (Å²) in [5.74, 6) is 0. The second kappa shape index (κ2) is 7.42. The molecule has 0 saturated heterocycles. The van der Waals surface area contributed by atoms with E-state index < -0.39 is 0 Å². The van der Waals surface area contributed by atoms with Crippen LogP contribution in [0.4, 0.5) is 0 Å². The first kappa shape index (κ1) is 14.2. The van der Waals surface area contributed by atoms with Crippen molar-refractivity contribution in [3.8, 4) is 0 Å². The van der Waals surface area contributed by atoms with Crippen LogP contribution in [0.25, 0.3) is 0 Å². The van der Waals surface area contributed by atoms with Gasteiger partial charge in [-0.1, -0.05) is 0 Å². The van der Waals surface area contributed by atoms with Gasteiger partial charge >= 0.3 is 0 Å². The van der Waals surface area contributed by atoms with Gasteiger partial charge in [-0.3, -0.25) is 4.68 Å². The van der Waals surface area contributed by atoms with Crippen LogP contribution in [0.15, 0.2) is 6.07 Å². The minimum atomic E-state index is -0.384. The molecule has 0 fully saturated rings. The lowest BCUT2D eigenvalue weighted by molar-refractivity contribution is 0.0594. The Morgan fingerprint density at radius 1 is 1.59 bits per heavy atom. The number of aromatic nitrogens is 2. The lowest BCUT2D eigenvalue weighted by atomic mass is 10.2. The van der Waals surface area contributed by atoms with E-state index in [0.29, 0.717) is 13.0 Å². The fraction of sp³-hybridized carbons (Fsp3) is 0.750. The zero-order valence-electron chi connectivity index (χ0n) is 10.9. The lowest BCUT2D eigenvalue weighted by Crippen LogP contribution is -2.24. The molecule has 1 heterocycles. The Kier molecular flexibility index (Phi) is 6.18. The molecule has 0 spiro atoms. The maximum absolute atomic E-state index is 9.47. The minimum absolute atomic E-state index is 0.384. The van der Waals surface area contributed by atoms with Gasteiger partial charge < -0.3 is 15.2 Å². The van der Waals surface area contributed by atoms with Crippen molar-refractivity contribution in [1.29, 1.82) is 0 Å². The molecule has 0 aliphatic rings. The van der Waals surface area contributed by atoms with Gasteiger partial charge in [0.05, 0.1) is 24.1 Å². The van der Waals surface area contributed by atoms with Crippen molar-refractivity contribution in [3.63, 3.8) is 0 Å². The predicted octanol–water partition coefficient (Wildman–Crippen LogP) is 0.698. The third kappa shape index (κ3) is 4.85. The number of nitrogens with zero attached hydrogens (tertiary/aromatic N) is 2. The van der Waals surface area contributed by atoms with Crippen molar-refractivity contribution >= 4 is 0 Å². The van der Waals surface area contributed by atoms with Gasteiger partial charge in [-0.2, -0.15) is 5.10 Å². The van der Waals surface area contributed by atoms with Gasteiger partial charge in [-0.25, -0.2) is 0 Å². The summed E-state index contributed by atoms with van der Waals surface area (Å²) in [7, 11) is 1.60. The van der Waals surface area contributed by atoms with Crippen molar-refractivity contribution in [2.24, 2.45) is 0 Å². The second-order valence-electron chi connectivity index (χ2n) is 4.17. The molecule has 17 heavy (non-hydrogen) atoms. The van der Waals surface area contributed by atoms with Crippen molar-refractivity contribution in [3.05, 3.63) is 17.5 Å². The highest BCUT2D eigenvalue weighted by atomic mass is 16.5. The Morgan fingerprint density at radius 3 is 3.00 bits per heavy atom. The molecule has 5 nitrogen and oxygen atoms in total. The number of aliphatic hydroxyl groups is 1. The monoisotopic (exact) mass is 241 g/mol. The van der Waals surface area contributed by atoms with Gasteiger partial charge in [-0.15, -0.1) is 0 Å². The van der Waals surface area contributed by atoms with Crippen LogP contribution in [-0.2, 0) is 17.8 Å². The Labute approximate surface area is 103 Å². The summed E-state index contributed by atoms with van der Waals surface area (Å²) >= 11 is 0. The molecular weight excluding hydrogens is 218 g/mol. The highest BCUT2D eigenvalue weighted by Gasteiger charge is 2.05. The predicted molar refractivity (Wildman–Crippen MR) is 66.8 cm³/mol. The molecule has 98 valence electrons. The van der Waals surface area contributed by atoms with Crippen molar-refractivity contribution < 1.29 is 9.84 Å². The van der Waals surface area contributed by atoms with E-state index in [1.165, 1.54) is 5.69 Å². The van der Waals surface area contributed by atoms with E-state index in [2.05, 4.69) is 23.4 Å². The molecular formula is C12H23N3O2. The molecule has 0 aliphatic carbocycles. The Bertz CT molecular complexity index is 326. The number of hydrogen-bond donors (Lipinski definition) is 2. The van der Waals surface area contributed by atoms with E-state index >= 15 is 0 Å². The van der Waals surface area contributed by atoms with Crippen molar-refractivity contribution in [1.82, 2.24) is 15.1 Å². The number of ether oxygens (including phenoxy) is 1. The average molecular weight is 241 g/mol. The van der Waals surface area contributed by atoms with E-state index in [1.807, 2.05) is 11.6 Å². The molecule has 0 aromatic carbocycles. The highest BCUT2D eigenvalue weighted by molar-refractivity contribution is 5.08. The number of methoxy groups -OCH3 is 1. The largest absolute Gasteiger partial charge is 0.391 e. The van der Waals surface area contributed by atoms with Gasteiger partial charge in [0.1, 0.15) is 0 Å². The van der Waals surface area contributed by atoms with Crippen LogP contribution >= 0.6 is 0 Å². The first-order chi connectivity index (χ1) is 8.17. The fourth-order valence-electron chi connectivity index (χ4n) is 1.78. The normalized spacial score (nSPS) is 12.9. The Hall–Kier alpha value is -0.910. The van der Waals surface area contributed by atoms with E-state index in [-0.39, 0.29) is 6.10 Å². The topological polar surface area (TPSA) is 59.3 Å². The van der Waals surface area contributed by atoms with Gasteiger partial charge in [0, 0.05) is 20.2 Å². The van der Waals surface area contributed by atoms with Crippen molar-refractivity contribution in [2.75, 3.05) is 20.3 Å². The zero-order chi connectivity index (χ0) is 12.7. The SMILES string of the molecule is CCn1nc(C)cc1CNCCC(O)COC. The molecule has 1 rings (SSSR count). The minimum Gasteiger partial charge on any atom is -0.391 e. The van der Waals surface area contributed by atoms with Crippen LogP contribution < -0.4 is 5.32 Å². The molecule has 1 atom stereocenters.